The third-order valence-corrected chi connectivity index (χ3v) is 4.96. The maximum atomic E-state index is 13.0. The van der Waals surface area contributed by atoms with Gasteiger partial charge in [0.1, 0.15) is 35.6 Å². The molecule has 162 valence electrons. The summed E-state index contributed by atoms with van der Waals surface area (Å²) in [4.78, 5) is 12.5. The number of amides is 1. The number of carbonyl (C=O) groups is 1. The summed E-state index contributed by atoms with van der Waals surface area (Å²) in [6.45, 7) is 2.67. The highest BCUT2D eigenvalue weighted by Gasteiger charge is 2.11. The Kier molecular flexibility index (Phi) is 8.01. The summed E-state index contributed by atoms with van der Waals surface area (Å²) in [6, 6.07) is 20.2. The van der Waals surface area contributed by atoms with Crippen molar-refractivity contribution in [3.8, 4) is 17.6 Å². The molecule has 0 bridgehead atoms. The molecule has 0 fully saturated rings. The van der Waals surface area contributed by atoms with E-state index in [2.05, 4.69) is 21.2 Å². The summed E-state index contributed by atoms with van der Waals surface area (Å²) in [5.41, 5.74) is 1.98. The van der Waals surface area contributed by atoms with Crippen molar-refractivity contribution in [1.82, 2.24) is 0 Å². The predicted octanol–water partition coefficient (Wildman–Crippen LogP) is 6.11. The number of hydrogen-bond acceptors (Lipinski definition) is 4. The maximum Gasteiger partial charge on any atom is 0.266 e. The lowest BCUT2D eigenvalue weighted by Crippen LogP contribution is -2.13. The molecular formula is C25H20BrFN2O3. The number of nitrogens with one attached hydrogen (secondary N) is 1. The molecule has 0 aliphatic rings. The van der Waals surface area contributed by atoms with E-state index in [9.17, 15) is 14.4 Å². The molecule has 0 atom stereocenters. The first kappa shape index (κ1) is 23.0. The van der Waals surface area contributed by atoms with E-state index in [1.54, 1.807) is 54.6 Å². The van der Waals surface area contributed by atoms with Gasteiger partial charge in [-0.1, -0.05) is 24.3 Å². The Bertz CT molecular complexity index is 1170. The Balaban J connectivity index is 1.69. The topological polar surface area (TPSA) is 71.3 Å². The predicted molar refractivity (Wildman–Crippen MR) is 125 cm³/mol. The minimum Gasteiger partial charge on any atom is -0.494 e. The first-order valence-electron chi connectivity index (χ1n) is 9.81. The third-order valence-electron chi connectivity index (χ3n) is 4.34. The highest BCUT2D eigenvalue weighted by atomic mass is 79.9. The fourth-order valence-corrected chi connectivity index (χ4v) is 3.32. The summed E-state index contributed by atoms with van der Waals surface area (Å²) >= 11 is 3.45. The van der Waals surface area contributed by atoms with Gasteiger partial charge in [-0.15, -0.1) is 0 Å². The molecule has 0 aliphatic heterocycles. The summed E-state index contributed by atoms with van der Waals surface area (Å²) in [7, 11) is 0. The van der Waals surface area contributed by atoms with Crippen LogP contribution in [0.4, 0.5) is 10.1 Å². The molecule has 3 rings (SSSR count). The summed E-state index contributed by atoms with van der Waals surface area (Å²) in [6.07, 6.45) is 1.50. The van der Waals surface area contributed by atoms with Crippen molar-refractivity contribution >= 4 is 33.6 Å². The van der Waals surface area contributed by atoms with E-state index in [1.165, 1.54) is 18.2 Å². The lowest BCUT2D eigenvalue weighted by molar-refractivity contribution is -0.112. The SMILES string of the molecule is CCOc1cccc(NC(=O)C(C#N)=Cc2ccc(OCc3ccc(F)cc3)c(Br)c2)c1. The number of rotatable bonds is 8. The van der Waals surface area contributed by atoms with Crippen molar-refractivity contribution in [2.75, 3.05) is 11.9 Å². The highest BCUT2D eigenvalue weighted by molar-refractivity contribution is 9.10. The zero-order valence-electron chi connectivity index (χ0n) is 17.3. The molecule has 7 heteroatoms. The first-order chi connectivity index (χ1) is 15.5. The molecule has 0 saturated carbocycles. The molecule has 32 heavy (non-hydrogen) atoms. The largest absolute Gasteiger partial charge is 0.494 e. The fourth-order valence-electron chi connectivity index (χ4n) is 2.81. The molecule has 0 radical (unpaired) electrons. The Labute approximate surface area is 194 Å². The lowest BCUT2D eigenvalue weighted by atomic mass is 10.1. The van der Waals surface area contributed by atoms with Crippen LogP contribution in [0.15, 0.2) is 76.8 Å². The lowest BCUT2D eigenvalue weighted by Gasteiger charge is -2.10. The number of nitriles is 1. The molecule has 1 N–H and O–H groups in total. The van der Waals surface area contributed by atoms with Crippen LogP contribution in [0.1, 0.15) is 18.1 Å². The molecule has 0 aliphatic carbocycles. The van der Waals surface area contributed by atoms with Gasteiger partial charge in [0, 0.05) is 11.8 Å². The highest BCUT2D eigenvalue weighted by Crippen LogP contribution is 2.28. The molecule has 0 unspecified atom stereocenters. The van der Waals surface area contributed by atoms with Crippen molar-refractivity contribution in [2.24, 2.45) is 0 Å². The number of carbonyl (C=O) groups excluding carboxylic acids is 1. The first-order valence-corrected chi connectivity index (χ1v) is 10.6. The summed E-state index contributed by atoms with van der Waals surface area (Å²) in [5.74, 6) is 0.398. The molecule has 1 amide bonds. The van der Waals surface area contributed by atoms with Crippen molar-refractivity contribution in [3.05, 3.63) is 93.7 Å². The molecule has 0 spiro atoms. The van der Waals surface area contributed by atoms with Gasteiger partial charge in [-0.25, -0.2) is 4.39 Å². The molecular weight excluding hydrogens is 475 g/mol. The van der Waals surface area contributed by atoms with Crippen LogP contribution in [-0.4, -0.2) is 12.5 Å². The zero-order valence-corrected chi connectivity index (χ0v) is 18.9. The quantitative estimate of drug-likeness (QED) is 0.302. The van der Waals surface area contributed by atoms with Crippen LogP contribution in [-0.2, 0) is 11.4 Å². The molecule has 5 nitrogen and oxygen atoms in total. The minimum atomic E-state index is -0.520. The molecule has 0 heterocycles. The van der Waals surface area contributed by atoms with E-state index in [1.807, 2.05) is 13.0 Å². The van der Waals surface area contributed by atoms with Gasteiger partial charge in [-0.3, -0.25) is 4.79 Å². The average molecular weight is 495 g/mol. The minimum absolute atomic E-state index is 0.0429. The van der Waals surface area contributed by atoms with Crippen molar-refractivity contribution in [2.45, 2.75) is 13.5 Å². The fraction of sp³-hybridized carbons (Fsp3) is 0.120. The summed E-state index contributed by atoms with van der Waals surface area (Å²) < 4.78 is 24.9. The zero-order chi connectivity index (χ0) is 22.9. The third kappa shape index (κ3) is 6.43. The van der Waals surface area contributed by atoms with Gasteiger partial charge in [0.05, 0.1) is 11.1 Å². The van der Waals surface area contributed by atoms with Crippen LogP contribution >= 0.6 is 15.9 Å². The molecule has 0 saturated heterocycles. The van der Waals surface area contributed by atoms with Crippen LogP contribution in [0.3, 0.4) is 0 Å². The summed E-state index contributed by atoms with van der Waals surface area (Å²) in [5, 5.41) is 12.2. The van der Waals surface area contributed by atoms with Gasteiger partial charge >= 0.3 is 0 Å². The van der Waals surface area contributed by atoms with Crippen LogP contribution in [0.25, 0.3) is 6.08 Å². The Morgan fingerprint density at radius 2 is 1.91 bits per heavy atom. The number of hydrogen-bond donors (Lipinski definition) is 1. The second-order valence-corrected chi connectivity index (χ2v) is 7.54. The van der Waals surface area contributed by atoms with Crippen molar-refractivity contribution < 1.29 is 18.7 Å². The van der Waals surface area contributed by atoms with Crippen molar-refractivity contribution in [3.63, 3.8) is 0 Å². The Morgan fingerprint density at radius 3 is 2.59 bits per heavy atom. The molecule has 0 aromatic heterocycles. The maximum absolute atomic E-state index is 13.0. The monoisotopic (exact) mass is 494 g/mol. The van der Waals surface area contributed by atoms with Crippen LogP contribution in [0.5, 0.6) is 11.5 Å². The Hall–Kier alpha value is -3.63. The molecule has 3 aromatic rings. The number of nitrogens with zero attached hydrogens (tertiary/aromatic N) is 1. The van der Waals surface area contributed by atoms with Gasteiger partial charge in [-0.2, -0.15) is 5.26 Å². The number of ether oxygens (including phenoxy) is 2. The van der Waals surface area contributed by atoms with Crippen LogP contribution in [0.2, 0.25) is 0 Å². The average Bonchev–Trinajstić information content (AvgIpc) is 2.78. The number of anilines is 1. The number of halogens is 2. The van der Waals surface area contributed by atoms with Crippen LogP contribution < -0.4 is 14.8 Å². The van der Waals surface area contributed by atoms with E-state index in [0.717, 1.165) is 5.56 Å². The Morgan fingerprint density at radius 1 is 1.12 bits per heavy atom. The van der Waals surface area contributed by atoms with Gasteiger partial charge in [-0.05, 0) is 76.5 Å². The van der Waals surface area contributed by atoms with Crippen molar-refractivity contribution in [1.29, 1.82) is 5.26 Å². The van der Waals surface area contributed by atoms with Gasteiger partial charge in [0.25, 0.3) is 5.91 Å². The normalized spacial score (nSPS) is 10.9. The van der Waals surface area contributed by atoms with Gasteiger partial charge in [0.2, 0.25) is 0 Å². The van der Waals surface area contributed by atoms with Gasteiger partial charge < -0.3 is 14.8 Å². The van der Waals surface area contributed by atoms with E-state index in [0.29, 0.717) is 33.8 Å². The smallest absolute Gasteiger partial charge is 0.266 e. The van der Waals surface area contributed by atoms with E-state index >= 15 is 0 Å². The standard InChI is InChI=1S/C25H20BrFN2O3/c1-2-31-22-5-3-4-21(14-22)29-25(30)19(15-28)12-18-8-11-24(23(26)13-18)32-16-17-6-9-20(27)10-7-17/h3-14H,2,16H2,1H3,(H,29,30). The second-order valence-electron chi connectivity index (χ2n) is 6.69. The van der Waals surface area contributed by atoms with Gasteiger partial charge in [0.15, 0.2) is 0 Å². The number of benzene rings is 3. The molecule has 3 aromatic carbocycles. The van der Waals surface area contributed by atoms with E-state index < -0.39 is 5.91 Å². The van der Waals surface area contributed by atoms with E-state index in [-0.39, 0.29) is 18.0 Å². The van der Waals surface area contributed by atoms with E-state index in [4.69, 9.17) is 9.47 Å². The second kappa shape index (κ2) is 11.1. The van der Waals surface area contributed by atoms with Crippen LogP contribution in [0, 0.1) is 17.1 Å².